The Balaban J connectivity index is 1.28. The van der Waals surface area contributed by atoms with Crippen LogP contribution in [-0.4, -0.2) is 78.7 Å². The minimum absolute atomic E-state index is 0.118. The first-order valence-electron chi connectivity index (χ1n) is 13.1. The van der Waals surface area contributed by atoms with Crippen LogP contribution in [0, 0.1) is 17.8 Å². The van der Waals surface area contributed by atoms with Gasteiger partial charge in [0.05, 0.1) is 5.56 Å². The number of alkyl halides is 3. The van der Waals surface area contributed by atoms with Crippen LogP contribution in [0.4, 0.5) is 19.0 Å². The van der Waals surface area contributed by atoms with Gasteiger partial charge in [-0.1, -0.05) is 41.9 Å². The number of amides is 2. The molecule has 2 fully saturated rings. The molecule has 1 saturated heterocycles. The number of hydrogen-bond acceptors (Lipinski definition) is 5. The molecule has 39 heavy (non-hydrogen) atoms. The molecule has 1 aliphatic carbocycles. The highest BCUT2D eigenvalue weighted by Gasteiger charge is 2.62. The number of anilines is 1. The maximum Gasteiger partial charge on any atom is 0.430 e. The quantitative estimate of drug-likeness (QED) is 0.473. The fourth-order valence-corrected chi connectivity index (χ4v) is 5.68. The second-order valence-electron chi connectivity index (χ2n) is 10.9. The van der Waals surface area contributed by atoms with E-state index in [1.807, 2.05) is 6.07 Å². The summed E-state index contributed by atoms with van der Waals surface area (Å²) in [6.07, 6.45) is -1.45. The molecule has 2 amide bonds. The molecule has 1 aromatic heterocycles. The van der Waals surface area contributed by atoms with Crippen molar-refractivity contribution in [2.45, 2.75) is 37.5 Å². The average Bonchev–Trinajstić information content (AvgIpc) is 3.63. The van der Waals surface area contributed by atoms with Gasteiger partial charge in [-0.05, 0) is 55.6 Å². The Kier molecular flexibility index (Phi) is 8.47. The second-order valence-corrected chi connectivity index (χ2v) is 11.2. The van der Waals surface area contributed by atoms with Gasteiger partial charge < -0.3 is 19.8 Å². The van der Waals surface area contributed by atoms with E-state index < -0.39 is 23.2 Å². The molecule has 1 N–H and O–H groups in total. The van der Waals surface area contributed by atoms with Crippen LogP contribution in [0.15, 0.2) is 42.5 Å². The number of nitrogens with zero attached hydrogens (tertiary/aromatic N) is 4. The van der Waals surface area contributed by atoms with E-state index in [0.29, 0.717) is 17.4 Å². The highest BCUT2D eigenvalue weighted by Crippen LogP contribution is 2.46. The summed E-state index contributed by atoms with van der Waals surface area (Å²) in [6.45, 7) is 1.76. The highest BCUT2D eigenvalue weighted by molar-refractivity contribution is 6.32. The zero-order chi connectivity index (χ0) is 28.5. The van der Waals surface area contributed by atoms with Crippen LogP contribution < -0.4 is 4.90 Å². The molecule has 1 saturated carbocycles. The van der Waals surface area contributed by atoms with Crippen LogP contribution in [0.1, 0.15) is 41.6 Å². The van der Waals surface area contributed by atoms with E-state index in [9.17, 15) is 27.9 Å². The molecule has 7 nitrogen and oxygen atoms in total. The van der Waals surface area contributed by atoms with Gasteiger partial charge in [-0.3, -0.25) is 9.59 Å². The molecule has 3 atom stereocenters. The molecule has 4 rings (SSSR count). The van der Waals surface area contributed by atoms with Gasteiger partial charge in [0.15, 0.2) is 0 Å². The minimum Gasteiger partial charge on any atom is -0.369 e. The first-order valence-corrected chi connectivity index (χ1v) is 13.4. The van der Waals surface area contributed by atoms with Gasteiger partial charge in [-0.15, -0.1) is 0 Å². The Hall–Kier alpha value is -2.85. The lowest BCUT2D eigenvalue weighted by molar-refractivity contribution is -0.261. The Labute approximate surface area is 231 Å². The Morgan fingerprint density at radius 2 is 1.69 bits per heavy atom. The van der Waals surface area contributed by atoms with Gasteiger partial charge >= 0.3 is 6.18 Å². The lowest BCUT2D eigenvalue weighted by Crippen LogP contribution is -2.55. The van der Waals surface area contributed by atoms with Crippen molar-refractivity contribution in [1.82, 2.24) is 14.8 Å². The molecule has 1 aromatic carbocycles. The van der Waals surface area contributed by atoms with Crippen molar-refractivity contribution in [2.24, 2.45) is 17.8 Å². The average molecular weight is 567 g/mol. The number of benzene rings is 1. The van der Waals surface area contributed by atoms with Gasteiger partial charge in [0, 0.05) is 46.3 Å². The number of carbonyl (C=O) groups is 2. The Morgan fingerprint density at radius 1 is 1.05 bits per heavy atom. The lowest BCUT2D eigenvalue weighted by Gasteiger charge is -2.34. The summed E-state index contributed by atoms with van der Waals surface area (Å²) in [6, 6.07) is 10.0. The molecule has 2 heterocycles. The van der Waals surface area contributed by atoms with Crippen molar-refractivity contribution in [1.29, 1.82) is 0 Å². The highest BCUT2D eigenvalue weighted by atomic mass is 35.5. The molecule has 2 aromatic rings. The molecule has 0 radical (unpaired) electrons. The zero-order valence-electron chi connectivity index (χ0n) is 22.3. The van der Waals surface area contributed by atoms with Gasteiger partial charge in [-0.25, -0.2) is 4.98 Å². The number of halogens is 4. The van der Waals surface area contributed by atoms with Crippen LogP contribution in [0.2, 0.25) is 5.15 Å². The maximum atomic E-state index is 13.9. The summed E-state index contributed by atoms with van der Waals surface area (Å²) in [4.78, 5) is 34.1. The van der Waals surface area contributed by atoms with E-state index in [4.69, 9.17) is 11.6 Å². The number of aliphatic hydroxyl groups is 1. The fourth-order valence-electron chi connectivity index (χ4n) is 5.45. The van der Waals surface area contributed by atoms with Crippen LogP contribution in [0.25, 0.3) is 0 Å². The third kappa shape index (κ3) is 6.17. The van der Waals surface area contributed by atoms with Crippen molar-refractivity contribution in [3.8, 4) is 0 Å². The summed E-state index contributed by atoms with van der Waals surface area (Å²) >= 11 is 6.27. The zero-order valence-corrected chi connectivity index (χ0v) is 23.0. The van der Waals surface area contributed by atoms with Crippen LogP contribution >= 0.6 is 11.6 Å². The van der Waals surface area contributed by atoms with Crippen molar-refractivity contribution in [3.05, 3.63) is 58.7 Å². The van der Waals surface area contributed by atoms with Gasteiger partial charge in [0.25, 0.3) is 17.4 Å². The van der Waals surface area contributed by atoms with Crippen LogP contribution in [0.3, 0.4) is 0 Å². The Morgan fingerprint density at radius 3 is 2.26 bits per heavy atom. The normalized spacial score (nSPS) is 21.3. The molecule has 1 aliphatic heterocycles. The summed E-state index contributed by atoms with van der Waals surface area (Å²) in [5.41, 5.74) is -3.70. The molecule has 2 aliphatic rings. The summed E-state index contributed by atoms with van der Waals surface area (Å²) in [5, 5.41) is 10.7. The number of carbonyl (C=O) groups excluding carboxylic acids is 2. The number of likely N-dealkylation sites (N-methyl/N-ethyl adjacent to an activating group) is 1. The largest absolute Gasteiger partial charge is 0.430 e. The van der Waals surface area contributed by atoms with Crippen molar-refractivity contribution < 1.29 is 27.9 Å². The van der Waals surface area contributed by atoms with E-state index in [1.54, 1.807) is 20.2 Å². The molecular weight excluding hydrogens is 533 g/mol. The van der Waals surface area contributed by atoms with E-state index in [2.05, 4.69) is 9.88 Å². The summed E-state index contributed by atoms with van der Waals surface area (Å²) in [7, 11) is 4.64. The van der Waals surface area contributed by atoms with E-state index >= 15 is 0 Å². The topological polar surface area (TPSA) is 77.0 Å². The number of rotatable bonds is 8. The SMILES string of the molecule is CN(C)C(=O)c1ccc(N2CCC(C[C@@H]3C[C@@H]3CN(C)C(=O)[C@](O)(c3ccccc3)C(F)(F)F)CC2)nc1Cl. The van der Waals surface area contributed by atoms with Crippen molar-refractivity contribution in [2.75, 3.05) is 45.7 Å². The van der Waals surface area contributed by atoms with E-state index in [1.165, 1.54) is 30.1 Å². The first-order chi connectivity index (χ1) is 18.3. The molecule has 11 heteroatoms. The number of hydrogen-bond donors (Lipinski definition) is 1. The van der Waals surface area contributed by atoms with Gasteiger partial charge in [-0.2, -0.15) is 13.2 Å². The predicted molar refractivity (Wildman–Crippen MR) is 142 cm³/mol. The standard InChI is InChI=1S/C28H34ClF3N4O3/c1-34(2)25(37)22-9-10-23(33-24(22)29)36-13-11-18(12-14-36)15-19-16-20(19)17-35(3)26(38)27(39,28(30,31)32)21-7-5-4-6-8-21/h4-10,18-20,39H,11-17H2,1-3H3/t19-,20-,27-/m1/s1. The minimum atomic E-state index is -5.14. The Bertz CT molecular complexity index is 1190. The maximum absolute atomic E-state index is 13.9. The van der Waals surface area contributed by atoms with E-state index in [0.717, 1.165) is 61.6 Å². The summed E-state index contributed by atoms with van der Waals surface area (Å²) < 4.78 is 41.6. The predicted octanol–water partition coefficient (Wildman–Crippen LogP) is 4.59. The smallest absolute Gasteiger partial charge is 0.369 e. The second kappa shape index (κ2) is 11.3. The molecule has 0 bridgehead atoms. The number of aromatic nitrogens is 1. The van der Waals surface area contributed by atoms with Gasteiger partial charge in [0.2, 0.25) is 0 Å². The van der Waals surface area contributed by atoms with Gasteiger partial charge in [0.1, 0.15) is 11.0 Å². The van der Waals surface area contributed by atoms with E-state index in [-0.39, 0.29) is 23.5 Å². The number of pyridine rings is 1. The summed E-state index contributed by atoms with van der Waals surface area (Å²) in [5.74, 6) is 0.105. The molecule has 0 unspecified atom stereocenters. The molecule has 0 spiro atoms. The van der Waals surface area contributed by atoms with Crippen molar-refractivity contribution >= 4 is 29.2 Å². The lowest BCUT2D eigenvalue weighted by atomic mass is 9.90. The fraction of sp³-hybridized carbons (Fsp3) is 0.536. The third-order valence-corrected chi connectivity index (χ3v) is 8.17. The van der Waals surface area contributed by atoms with Crippen LogP contribution in [0.5, 0.6) is 0 Å². The van der Waals surface area contributed by atoms with Crippen LogP contribution in [-0.2, 0) is 10.4 Å². The van der Waals surface area contributed by atoms with Crippen molar-refractivity contribution in [3.63, 3.8) is 0 Å². The third-order valence-electron chi connectivity index (χ3n) is 7.88. The monoisotopic (exact) mass is 566 g/mol. The first kappa shape index (κ1) is 29.1. The molecular formula is C28H34ClF3N4O3. The number of piperidine rings is 1. The molecule has 212 valence electrons.